The van der Waals surface area contributed by atoms with E-state index in [1.165, 1.54) is 13.0 Å². The second-order valence-corrected chi connectivity index (χ2v) is 13.8. The summed E-state index contributed by atoms with van der Waals surface area (Å²) in [6.45, 7) is 9.40. The SMILES string of the molecule is CC(=O)[C@]1(O)CC[C@@]2(O)[C@]1(C)[C@H](OC(=O)/C=C(\C)C(C)C)CC1[C@@]3(C)CC[C@H](OC(=O)COCC(=O)O)CC3=CC[C@]12O. The highest BCUT2D eigenvalue weighted by molar-refractivity contribution is 5.87. The maximum Gasteiger partial charge on any atom is 0.332 e. The third kappa shape index (κ3) is 5.15. The summed E-state index contributed by atoms with van der Waals surface area (Å²) in [4.78, 5) is 49.1. The molecule has 0 aromatic rings. The Morgan fingerprint density at radius 3 is 2.30 bits per heavy atom. The van der Waals surface area contributed by atoms with Gasteiger partial charge in [-0.15, -0.1) is 0 Å². The summed E-state index contributed by atoms with van der Waals surface area (Å²) in [5.41, 5.74) is -6.34. The molecule has 0 amide bonds. The number of carbonyl (C=O) groups excluding carboxylic acids is 3. The first-order chi connectivity index (χ1) is 19.9. The Bertz CT molecular complexity index is 1240. The zero-order valence-electron chi connectivity index (χ0n) is 26.0. The van der Waals surface area contributed by atoms with Crippen LogP contribution in [-0.2, 0) is 33.4 Å². The number of rotatable bonds is 9. The molecule has 0 aliphatic heterocycles. The third-order valence-corrected chi connectivity index (χ3v) is 11.4. The van der Waals surface area contributed by atoms with Crippen LogP contribution in [-0.4, -0.2) is 86.3 Å². The van der Waals surface area contributed by atoms with Crippen LogP contribution in [0.4, 0.5) is 0 Å². The maximum atomic E-state index is 13.2. The molecule has 240 valence electrons. The van der Waals surface area contributed by atoms with Crippen LogP contribution in [0, 0.1) is 22.7 Å². The van der Waals surface area contributed by atoms with E-state index in [1.54, 1.807) is 6.92 Å². The summed E-state index contributed by atoms with van der Waals surface area (Å²) in [5.74, 6) is -3.57. The Labute approximate surface area is 252 Å². The van der Waals surface area contributed by atoms with Crippen LogP contribution < -0.4 is 0 Å². The predicted molar refractivity (Wildman–Crippen MR) is 152 cm³/mol. The summed E-state index contributed by atoms with van der Waals surface area (Å²) in [6.07, 6.45) is 3.00. The molecular weight excluding hydrogens is 560 g/mol. The van der Waals surface area contributed by atoms with Crippen molar-refractivity contribution in [3.8, 4) is 0 Å². The standard InChI is InChI=1S/C32H46O11/c1-18(2)19(3)13-26(36)43-24-15-23-28(5)9-8-22(42-27(37)17-41-16-25(34)35)14-21(28)7-10-31(23,39)32(40)12-11-30(38,20(4)33)29(24,32)6/h7,13,18,22-24,38-40H,8-12,14-17H2,1-6H3,(H,34,35)/b19-13+/t22-,23?,24+,28-,29+,30+,31-,32+/m0/s1. The van der Waals surface area contributed by atoms with Crippen molar-refractivity contribution in [1.29, 1.82) is 0 Å². The number of ether oxygens (including phenoxy) is 3. The lowest BCUT2D eigenvalue weighted by atomic mass is 9.42. The van der Waals surface area contributed by atoms with E-state index >= 15 is 0 Å². The molecular formula is C32H46O11. The van der Waals surface area contributed by atoms with Crippen LogP contribution in [0.5, 0.6) is 0 Å². The van der Waals surface area contributed by atoms with Gasteiger partial charge in [0.2, 0.25) is 0 Å². The van der Waals surface area contributed by atoms with E-state index in [2.05, 4.69) is 0 Å². The summed E-state index contributed by atoms with van der Waals surface area (Å²) >= 11 is 0. The smallest absolute Gasteiger partial charge is 0.332 e. The van der Waals surface area contributed by atoms with E-state index < -0.39 is 82.7 Å². The average molecular weight is 607 g/mol. The fourth-order valence-corrected chi connectivity index (χ4v) is 8.43. The first-order valence-corrected chi connectivity index (χ1v) is 15.1. The van der Waals surface area contributed by atoms with Crippen LogP contribution in [0.3, 0.4) is 0 Å². The molecule has 0 radical (unpaired) electrons. The van der Waals surface area contributed by atoms with Crippen LogP contribution in [0.2, 0.25) is 0 Å². The van der Waals surface area contributed by atoms with Gasteiger partial charge in [0, 0.05) is 18.4 Å². The van der Waals surface area contributed by atoms with Crippen molar-refractivity contribution in [2.45, 2.75) is 115 Å². The normalized spacial score (nSPS) is 40.6. The number of Topliss-reactive ketones (excluding diaryl/α,β-unsaturated/α-hetero) is 1. The van der Waals surface area contributed by atoms with Gasteiger partial charge in [-0.25, -0.2) is 14.4 Å². The van der Waals surface area contributed by atoms with Crippen molar-refractivity contribution in [3.05, 3.63) is 23.3 Å². The molecule has 3 fully saturated rings. The second-order valence-electron chi connectivity index (χ2n) is 13.8. The van der Waals surface area contributed by atoms with Crippen LogP contribution in [0.25, 0.3) is 0 Å². The molecule has 3 saturated carbocycles. The maximum absolute atomic E-state index is 13.2. The number of aliphatic carboxylic acids is 1. The Hall–Kier alpha value is -2.60. The zero-order valence-corrected chi connectivity index (χ0v) is 26.0. The average Bonchev–Trinajstić information content (AvgIpc) is 3.14. The van der Waals surface area contributed by atoms with Gasteiger partial charge in [-0.05, 0) is 70.6 Å². The van der Waals surface area contributed by atoms with Crippen LogP contribution >= 0.6 is 0 Å². The molecule has 11 nitrogen and oxygen atoms in total. The van der Waals surface area contributed by atoms with E-state index in [1.807, 2.05) is 33.8 Å². The summed E-state index contributed by atoms with van der Waals surface area (Å²) in [7, 11) is 0. The molecule has 4 rings (SSSR count). The Morgan fingerprint density at radius 2 is 1.70 bits per heavy atom. The van der Waals surface area contributed by atoms with Gasteiger partial charge in [0.25, 0.3) is 0 Å². The highest BCUT2D eigenvalue weighted by Crippen LogP contribution is 2.71. The molecule has 0 spiro atoms. The number of esters is 2. The Kier molecular flexibility index (Phi) is 8.82. The van der Waals surface area contributed by atoms with Gasteiger partial charge in [0.05, 0.1) is 5.41 Å². The lowest BCUT2D eigenvalue weighted by Gasteiger charge is -2.67. The summed E-state index contributed by atoms with van der Waals surface area (Å²) < 4.78 is 16.4. The molecule has 8 atom stereocenters. The van der Waals surface area contributed by atoms with Gasteiger partial charge in [-0.3, -0.25) is 4.79 Å². The molecule has 4 aliphatic rings. The minimum absolute atomic E-state index is 0.0398. The van der Waals surface area contributed by atoms with Crippen LogP contribution in [0.15, 0.2) is 23.3 Å². The molecule has 4 N–H and O–H groups in total. The molecule has 4 aliphatic carbocycles. The number of ketones is 1. The molecule has 43 heavy (non-hydrogen) atoms. The van der Waals surface area contributed by atoms with Crippen molar-refractivity contribution in [2.75, 3.05) is 13.2 Å². The van der Waals surface area contributed by atoms with Gasteiger partial charge >= 0.3 is 17.9 Å². The molecule has 0 heterocycles. The van der Waals surface area contributed by atoms with Crippen molar-refractivity contribution >= 4 is 23.7 Å². The van der Waals surface area contributed by atoms with Gasteiger partial charge in [-0.2, -0.15) is 0 Å². The number of carboxylic acid groups (broad SMARTS) is 1. The number of fused-ring (bicyclic) bond motifs is 5. The van der Waals surface area contributed by atoms with Crippen molar-refractivity contribution in [1.82, 2.24) is 0 Å². The van der Waals surface area contributed by atoms with Gasteiger partial charge < -0.3 is 34.6 Å². The second kappa shape index (κ2) is 11.4. The van der Waals surface area contributed by atoms with Gasteiger partial charge in [0.1, 0.15) is 42.2 Å². The quantitative estimate of drug-likeness (QED) is 0.172. The molecule has 0 saturated heterocycles. The highest BCUT2D eigenvalue weighted by atomic mass is 16.6. The summed E-state index contributed by atoms with van der Waals surface area (Å²) in [5, 5.41) is 45.6. The molecule has 0 aromatic heterocycles. The molecule has 0 bridgehead atoms. The number of hydrogen-bond acceptors (Lipinski definition) is 10. The first kappa shape index (κ1) is 33.3. The van der Waals surface area contributed by atoms with Crippen molar-refractivity contribution in [2.24, 2.45) is 22.7 Å². The van der Waals surface area contributed by atoms with E-state index in [0.717, 1.165) is 11.1 Å². The number of hydrogen-bond donors (Lipinski definition) is 4. The van der Waals surface area contributed by atoms with E-state index in [4.69, 9.17) is 19.3 Å². The van der Waals surface area contributed by atoms with Crippen molar-refractivity contribution < 1.29 is 53.8 Å². The molecule has 1 unspecified atom stereocenters. The zero-order chi connectivity index (χ0) is 32.2. The largest absolute Gasteiger partial charge is 0.480 e. The topological polar surface area (TPSA) is 177 Å². The minimum Gasteiger partial charge on any atom is -0.480 e. The van der Waals surface area contributed by atoms with Crippen LogP contribution in [0.1, 0.15) is 86.5 Å². The van der Waals surface area contributed by atoms with E-state index in [9.17, 15) is 34.5 Å². The number of allylic oxidation sites excluding steroid dienone is 1. The minimum atomic E-state index is -2.02. The first-order valence-electron chi connectivity index (χ1n) is 15.1. The number of carbonyl (C=O) groups is 4. The fraction of sp³-hybridized carbons (Fsp3) is 0.750. The fourth-order valence-electron chi connectivity index (χ4n) is 8.43. The van der Waals surface area contributed by atoms with Gasteiger partial charge in [0.15, 0.2) is 5.78 Å². The highest BCUT2D eigenvalue weighted by Gasteiger charge is 2.81. The monoisotopic (exact) mass is 606 g/mol. The van der Waals surface area contributed by atoms with E-state index in [0.29, 0.717) is 19.3 Å². The predicted octanol–water partition coefficient (Wildman–Crippen LogP) is 2.64. The number of carboxylic acids is 1. The van der Waals surface area contributed by atoms with E-state index in [-0.39, 0.29) is 31.6 Å². The summed E-state index contributed by atoms with van der Waals surface area (Å²) in [6, 6.07) is 0. The Balaban J connectivity index is 1.68. The number of aliphatic hydroxyl groups is 3. The Morgan fingerprint density at radius 1 is 1.02 bits per heavy atom. The van der Waals surface area contributed by atoms with Crippen molar-refractivity contribution in [3.63, 3.8) is 0 Å². The molecule has 0 aromatic carbocycles. The lowest BCUT2D eigenvalue weighted by molar-refractivity contribution is -0.314. The van der Waals surface area contributed by atoms with Gasteiger partial charge in [-0.1, -0.05) is 38.0 Å². The lowest BCUT2D eigenvalue weighted by Crippen LogP contribution is -2.78. The third-order valence-electron chi connectivity index (χ3n) is 11.4. The molecule has 11 heteroatoms.